The van der Waals surface area contributed by atoms with Crippen LogP contribution in [0.3, 0.4) is 0 Å². The van der Waals surface area contributed by atoms with Crippen LogP contribution in [0.4, 0.5) is 10.1 Å². The fraction of sp³-hybridized carbons (Fsp3) is 0.368. The van der Waals surface area contributed by atoms with Gasteiger partial charge in [-0.25, -0.2) is 4.39 Å². The largest absolute Gasteiger partial charge is 0.469 e. The van der Waals surface area contributed by atoms with Crippen molar-refractivity contribution in [2.45, 2.75) is 19.8 Å². The molecule has 1 aromatic heterocycles. The Morgan fingerprint density at radius 3 is 2.52 bits per heavy atom. The number of carbonyl (C=O) groups excluding carboxylic acids is 2. The fourth-order valence-corrected chi connectivity index (χ4v) is 3.02. The summed E-state index contributed by atoms with van der Waals surface area (Å²) in [5.74, 6) is 0.339. The van der Waals surface area contributed by atoms with Crippen molar-refractivity contribution in [3.8, 4) is 0 Å². The second-order valence-corrected chi connectivity index (χ2v) is 6.17. The van der Waals surface area contributed by atoms with Crippen LogP contribution >= 0.6 is 0 Å². The van der Waals surface area contributed by atoms with E-state index in [1.165, 1.54) is 13.0 Å². The lowest BCUT2D eigenvalue weighted by atomic mass is 10.1. The molecular weight excluding hydrogens is 323 g/mol. The number of benzene rings is 1. The molecule has 25 heavy (non-hydrogen) atoms. The van der Waals surface area contributed by atoms with Crippen LogP contribution in [0.15, 0.2) is 41.0 Å². The van der Waals surface area contributed by atoms with Crippen LogP contribution in [0.2, 0.25) is 0 Å². The zero-order chi connectivity index (χ0) is 17.8. The molecule has 3 rings (SSSR count). The highest BCUT2D eigenvalue weighted by molar-refractivity contribution is 5.94. The van der Waals surface area contributed by atoms with Gasteiger partial charge in [-0.15, -0.1) is 0 Å². The van der Waals surface area contributed by atoms with E-state index in [9.17, 15) is 14.0 Å². The van der Waals surface area contributed by atoms with Gasteiger partial charge in [0.15, 0.2) is 5.78 Å². The Hall–Kier alpha value is -2.63. The zero-order valence-electron chi connectivity index (χ0n) is 14.2. The van der Waals surface area contributed by atoms with E-state index in [4.69, 9.17) is 4.42 Å². The molecule has 0 spiro atoms. The predicted octanol–water partition coefficient (Wildman–Crippen LogP) is 2.90. The van der Waals surface area contributed by atoms with E-state index >= 15 is 0 Å². The fourth-order valence-electron chi connectivity index (χ4n) is 3.02. The third-order valence-electron chi connectivity index (χ3n) is 4.49. The van der Waals surface area contributed by atoms with Crippen molar-refractivity contribution in [1.82, 2.24) is 4.90 Å². The third-order valence-corrected chi connectivity index (χ3v) is 4.49. The van der Waals surface area contributed by atoms with Crippen LogP contribution in [0.5, 0.6) is 0 Å². The molecule has 1 aliphatic rings. The van der Waals surface area contributed by atoms with Crippen molar-refractivity contribution in [3.05, 3.63) is 53.7 Å². The van der Waals surface area contributed by atoms with Crippen molar-refractivity contribution in [3.63, 3.8) is 0 Å². The summed E-state index contributed by atoms with van der Waals surface area (Å²) >= 11 is 0. The number of hydrogen-bond donors (Lipinski definition) is 0. The molecule has 2 heterocycles. The van der Waals surface area contributed by atoms with Gasteiger partial charge in [0.1, 0.15) is 11.6 Å². The van der Waals surface area contributed by atoms with Gasteiger partial charge >= 0.3 is 0 Å². The number of piperazine rings is 1. The molecule has 0 aliphatic carbocycles. The van der Waals surface area contributed by atoms with Gasteiger partial charge in [0, 0.05) is 44.6 Å². The lowest BCUT2D eigenvalue weighted by molar-refractivity contribution is -0.131. The van der Waals surface area contributed by atoms with Gasteiger partial charge in [-0.2, -0.15) is 0 Å². The second-order valence-electron chi connectivity index (χ2n) is 6.17. The van der Waals surface area contributed by atoms with E-state index in [1.54, 1.807) is 23.3 Å². The van der Waals surface area contributed by atoms with E-state index in [1.807, 2.05) is 17.0 Å². The van der Waals surface area contributed by atoms with Crippen molar-refractivity contribution < 1.29 is 18.4 Å². The third kappa shape index (κ3) is 4.07. The topological polar surface area (TPSA) is 53.8 Å². The van der Waals surface area contributed by atoms with E-state index in [0.29, 0.717) is 50.3 Å². The average molecular weight is 344 g/mol. The van der Waals surface area contributed by atoms with E-state index in [0.717, 1.165) is 5.76 Å². The molecule has 1 saturated heterocycles. The van der Waals surface area contributed by atoms with Crippen molar-refractivity contribution >= 4 is 17.4 Å². The number of anilines is 1. The molecule has 1 aliphatic heterocycles. The number of aryl methyl sites for hydroxylation is 1. The minimum Gasteiger partial charge on any atom is -0.469 e. The summed E-state index contributed by atoms with van der Waals surface area (Å²) in [7, 11) is 0. The maximum atomic E-state index is 14.2. The number of rotatable bonds is 5. The summed E-state index contributed by atoms with van der Waals surface area (Å²) in [5.41, 5.74) is 0.848. The first-order valence-electron chi connectivity index (χ1n) is 8.40. The van der Waals surface area contributed by atoms with Crippen LogP contribution in [0.1, 0.15) is 29.5 Å². The van der Waals surface area contributed by atoms with Gasteiger partial charge < -0.3 is 14.2 Å². The molecule has 1 fully saturated rings. The van der Waals surface area contributed by atoms with E-state index in [-0.39, 0.29) is 11.7 Å². The molecule has 1 amide bonds. The van der Waals surface area contributed by atoms with Gasteiger partial charge in [0.2, 0.25) is 5.91 Å². The molecule has 0 unspecified atom stereocenters. The lowest BCUT2D eigenvalue weighted by Gasteiger charge is -2.36. The number of hydrogen-bond acceptors (Lipinski definition) is 4. The summed E-state index contributed by atoms with van der Waals surface area (Å²) in [6.45, 7) is 3.68. The Balaban J connectivity index is 1.54. The predicted molar refractivity (Wildman–Crippen MR) is 92.2 cm³/mol. The Morgan fingerprint density at radius 2 is 1.92 bits per heavy atom. The van der Waals surface area contributed by atoms with Gasteiger partial charge in [-0.3, -0.25) is 9.59 Å². The maximum absolute atomic E-state index is 14.2. The molecule has 0 radical (unpaired) electrons. The minimum atomic E-state index is -0.398. The quantitative estimate of drug-likeness (QED) is 0.783. The summed E-state index contributed by atoms with van der Waals surface area (Å²) in [5, 5.41) is 0. The summed E-state index contributed by atoms with van der Waals surface area (Å²) in [6, 6.07) is 8.23. The Morgan fingerprint density at radius 1 is 1.16 bits per heavy atom. The second kappa shape index (κ2) is 7.51. The van der Waals surface area contributed by atoms with Crippen LogP contribution in [-0.2, 0) is 11.2 Å². The number of furan rings is 1. The SMILES string of the molecule is CC(=O)c1ccc(N2CCN(C(=O)CCc3ccco3)CC2)c(F)c1. The van der Waals surface area contributed by atoms with Crippen LogP contribution in [-0.4, -0.2) is 42.8 Å². The number of ketones is 1. The highest BCUT2D eigenvalue weighted by Crippen LogP contribution is 2.22. The summed E-state index contributed by atoms with van der Waals surface area (Å²) < 4.78 is 19.5. The van der Waals surface area contributed by atoms with Gasteiger partial charge in [0.25, 0.3) is 0 Å². The standard InChI is InChI=1S/C19H21FN2O3/c1-14(23)15-4-6-18(17(20)13-15)21-8-10-22(11-9-21)19(24)7-5-16-3-2-12-25-16/h2-4,6,12-13H,5,7-11H2,1H3. The van der Waals surface area contributed by atoms with Gasteiger partial charge in [-0.1, -0.05) is 0 Å². The molecular formula is C19H21FN2O3. The minimum absolute atomic E-state index is 0.0865. The highest BCUT2D eigenvalue weighted by Gasteiger charge is 2.23. The Bertz CT molecular complexity index is 750. The number of amides is 1. The summed E-state index contributed by atoms with van der Waals surface area (Å²) in [6.07, 6.45) is 2.60. The normalized spacial score (nSPS) is 14.6. The van der Waals surface area contributed by atoms with Crippen molar-refractivity contribution in [2.24, 2.45) is 0 Å². The monoisotopic (exact) mass is 344 g/mol. The number of nitrogens with zero attached hydrogens (tertiary/aromatic N) is 2. The average Bonchev–Trinajstić information content (AvgIpc) is 3.13. The first kappa shape index (κ1) is 17.2. The van der Waals surface area contributed by atoms with Crippen LogP contribution < -0.4 is 4.90 Å². The number of carbonyl (C=O) groups is 2. The maximum Gasteiger partial charge on any atom is 0.223 e. The van der Waals surface area contributed by atoms with Gasteiger partial charge in [-0.05, 0) is 37.3 Å². The molecule has 1 aromatic carbocycles. The Labute approximate surface area is 146 Å². The smallest absolute Gasteiger partial charge is 0.223 e. The summed E-state index contributed by atoms with van der Waals surface area (Å²) in [4.78, 5) is 27.3. The molecule has 132 valence electrons. The molecule has 5 nitrogen and oxygen atoms in total. The molecule has 0 N–H and O–H groups in total. The first-order valence-corrected chi connectivity index (χ1v) is 8.40. The molecule has 0 saturated carbocycles. The van der Waals surface area contributed by atoms with Crippen molar-refractivity contribution in [2.75, 3.05) is 31.1 Å². The van der Waals surface area contributed by atoms with Crippen LogP contribution in [0, 0.1) is 5.82 Å². The molecule has 2 aromatic rings. The zero-order valence-corrected chi connectivity index (χ0v) is 14.2. The highest BCUT2D eigenvalue weighted by atomic mass is 19.1. The van der Waals surface area contributed by atoms with Crippen molar-refractivity contribution in [1.29, 1.82) is 0 Å². The number of Topliss-reactive ketones (excluding diaryl/α,β-unsaturated/α-hetero) is 1. The Kier molecular flexibility index (Phi) is 5.16. The van der Waals surface area contributed by atoms with Crippen LogP contribution in [0.25, 0.3) is 0 Å². The van der Waals surface area contributed by atoms with Gasteiger partial charge in [0.05, 0.1) is 12.0 Å². The molecule has 0 atom stereocenters. The first-order chi connectivity index (χ1) is 12.0. The van der Waals surface area contributed by atoms with E-state index in [2.05, 4.69) is 0 Å². The van der Waals surface area contributed by atoms with E-state index < -0.39 is 5.82 Å². The number of halogens is 1. The molecule has 0 bridgehead atoms. The molecule has 6 heteroatoms. The lowest BCUT2D eigenvalue weighted by Crippen LogP contribution is -2.49.